The van der Waals surface area contributed by atoms with Gasteiger partial charge >= 0.3 is 6.18 Å². The molecule has 0 radical (unpaired) electrons. The van der Waals surface area contributed by atoms with Crippen LogP contribution in [0.2, 0.25) is 0 Å². The van der Waals surface area contributed by atoms with Gasteiger partial charge in [0.15, 0.2) is 0 Å². The van der Waals surface area contributed by atoms with Gasteiger partial charge in [0.1, 0.15) is 6.61 Å². The van der Waals surface area contributed by atoms with Gasteiger partial charge in [0.2, 0.25) is 0 Å². The first-order valence-electron chi connectivity index (χ1n) is 5.66. The zero-order valence-electron chi connectivity index (χ0n) is 10.3. The first kappa shape index (κ1) is 15.7. The molecule has 0 amide bonds. The van der Waals surface area contributed by atoms with Gasteiger partial charge in [-0.1, -0.05) is 13.3 Å². The van der Waals surface area contributed by atoms with E-state index < -0.39 is 12.8 Å². The van der Waals surface area contributed by atoms with E-state index in [1.165, 1.54) is 0 Å². The molecule has 0 aliphatic rings. The van der Waals surface area contributed by atoms with Crippen LogP contribution in [0.25, 0.3) is 0 Å². The lowest BCUT2D eigenvalue weighted by molar-refractivity contribution is -0.174. The molecule has 0 atom stereocenters. The molecule has 16 heavy (non-hydrogen) atoms. The fourth-order valence-electron chi connectivity index (χ4n) is 1.50. The van der Waals surface area contributed by atoms with Gasteiger partial charge in [-0.25, -0.2) is 0 Å². The molecule has 0 aromatic carbocycles. The van der Waals surface area contributed by atoms with E-state index >= 15 is 0 Å². The third-order valence-corrected chi connectivity index (χ3v) is 2.21. The molecule has 0 aromatic heterocycles. The average Bonchev–Trinajstić information content (AvgIpc) is 2.09. The van der Waals surface area contributed by atoms with Gasteiger partial charge in [-0.2, -0.15) is 13.2 Å². The van der Waals surface area contributed by atoms with Crippen LogP contribution in [0, 0.1) is 0 Å². The number of nitrogens with one attached hydrogen (secondary N) is 1. The Labute approximate surface area is 95.5 Å². The maximum atomic E-state index is 11.7. The molecule has 0 aliphatic carbocycles. The van der Waals surface area contributed by atoms with Crippen molar-refractivity contribution in [2.24, 2.45) is 0 Å². The van der Waals surface area contributed by atoms with Gasteiger partial charge in [-0.3, -0.25) is 0 Å². The second kappa shape index (κ2) is 7.12. The lowest BCUT2D eigenvalue weighted by Crippen LogP contribution is -2.39. The Morgan fingerprint density at radius 3 is 2.31 bits per heavy atom. The molecule has 0 aliphatic heterocycles. The topological polar surface area (TPSA) is 21.3 Å². The quantitative estimate of drug-likeness (QED) is 0.659. The minimum Gasteiger partial charge on any atom is -0.372 e. The van der Waals surface area contributed by atoms with E-state index in [0.29, 0.717) is 13.0 Å². The summed E-state index contributed by atoms with van der Waals surface area (Å²) >= 11 is 0. The maximum absolute atomic E-state index is 11.7. The molecule has 5 heteroatoms. The molecule has 0 spiro atoms. The second-order valence-electron chi connectivity index (χ2n) is 4.58. The molecular formula is C11H22F3NO. The van der Waals surface area contributed by atoms with Crippen molar-refractivity contribution in [1.29, 1.82) is 0 Å². The first-order valence-corrected chi connectivity index (χ1v) is 5.66. The molecule has 0 rings (SSSR count). The molecule has 2 nitrogen and oxygen atoms in total. The zero-order valence-corrected chi connectivity index (χ0v) is 10.3. The fraction of sp³-hybridized carbons (Fsp3) is 1.00. The van der Waals surface area contributed by atoms with Crippen LogP contribution in [0.3, 0.4) is 0 Å². The molecule has 1 N–H and O–H groups in total. The number of ether oxygens (including phenoxy) is 1. The van der Waals surface area contributed by atoms with Crippen LogP contribution in [0.15, 0.2) is 0 Å². The molecule has 0 aromatic rings. The number of alkyl halides is 3. The van der Waals surface area contributed by atoms with Gasteiger partial charge < -0.3 is 10.1 Å². The van der Waals surface area contributed by atoms with Crippen molar-refractivity contribution in [3.05, 3.63) is 0 Å². The monoisotopic (exact) mass is 241 g/mol. The highest BCUT2D eigenvalue weighted by atomic mass is 19.4. The van der Waals surface area contributed by atoms with Crippen LogP contribution in [-0.4, -0.2) is 31.5 Å². The van der Waals surface area contributed by atoms with E-state index in [2.05, 4.69) is 30.8 Å². The molecule has 0 saturated carbocycles. The van der Waals surface area contributed by atoms with Gasteiger partial charge in [-0.15, -0.1) is 0 Å². The lowest BCUT2D eigenvalue weighted by atomic mass is 9.99. The smallest absolute Gasteiger partial charge is 0.372 e. The second-order valence-corrected chi connectivity index (χ2v) is 4.58. The van der Waals surface area contributed by atoms with Crippen LogP contribution < -0.4 is 5.32 Å². The summed E-state index contributed by atoms with van der Waals surface area (Å²) in [4.78, 5) is 0. The van der Waals surface area contributed by atoms with E-state index in [1.54, 1.807) is 0 Å². The van der Waals surface area contributed by atoms with Gasteiger partial charge in [-0.05, 0) is 33.2 Å². The summed E-state index contributed by atoms with van der Waals surface area (Å²) in [6.45, 7) is 5.97. The fourth-order valence-corrected chi connectivity index (χ4v) is 1.50. The molecule has 0 saturated heterocycles. The predicted molar refractivity (Wildman–Crippen MR) is 58.5 cm³/mol. The van der Waals surface area contributed by atoms with Crippen LogP contribution in [0.5, 0.6) is 0 Å². The van der Waals surface area contributed by atoms with E-state index in [4.69, 9.17) is 0 Å². The van der Waals surface area contributed by atoms with Crippen LogP contribution >= 0.6 is 0 Å². The summed E-state index contributed by atoms with van der Waals surface area (Å²) in [5, 5.41) is 3.30. The van der Waals surface area contributed by atoms with Crippen molar-refractivity contribution < 1.29 is 17.9 Å². The highest BCUT2D eigenvalue weighted by Gasteiger charge is 2.27. The molecule has 98 valence electrons. The number of hydrogen-bond acceptors (Lipinski definition) is 2. The Bertz CT molecular complexity index is 181. The Kier molecular flexibility index (Phi) is 6.99. The van der Waals surface area contributed by atoms with Gasteiger partial charge in [0, 0.05) is 12.1 Å². The van der Waals surface area contributed by atoms with E-state index in [1.807, 2.05) is 0 Å². The number of halogens is 3. The summed E-state index contributed by atoms with van der Waals surface area (Å²) < 4.78 is 39.6. The highest BCUT2D eigenvalue weighted by molar-refractivity contribution is 4.76. The zero-order chi connectivity index (χ0) is 12.7. The van der Waals surface area contributed by atoms with Crippen molar-refractivity contribution >= 4 is 0 Å². The minimum absolute atomic E-state index is 0.0543. The van der Waals surface area contributed by atoms with Crippen molar-refractivity contribution in [2.75, 3.05) is 19.8 Å². The van der Waals surface area contributed by atoms with Gasteiger partial charge in [0.05, 0.1) is 0 Å². The normalized spacial score (nSPS) is 13.1. The van der Waals surface area contributed by atoms with Crippen LogP contribution in [0.1, 0.15) is 40.0 Å². The lowest BCUT2D eigenvalue weighted by Gasteiger charge is -2.25. The summed E-state index contributed by atoms with van der Waals surface area (Å²) in [7, 11) is 0. The summed E-state index contributed by atoms with van der Waals surface area (Å²) in [6, 6.07) is 0. The SMILES string of the molecule is CCCC(C)(C)NCCCOCC(F)(F)F. The van der Waals surface area contributed by atoms with Crippen molar-refractivity contribution in [2.45, 2.75) is 51.7 Å². The van der Waals surface area contributed by atoms with Crippen molar-refractivity contribution in [3.63, 3.8) is 0 Å². The number of hydrogen-bond donors (Lipinski definition) is 1. The Balaban J connectivity index is 3.40. The Morgan fingerprint density at radius 1 is 1.19 bits per heavy atom. The highest BCUT2D eigenvalue weighted by Crippen LogP contribution is 2.14. The third-order valence-electron chi connectivity index (χ3n) is 2.21. The largest absolute Gasteiger partial charge is 0.411 e. The van der Waals surface area contributed by atoms with Crippen LogP contribution in [-0.2, 0) is 4.74 Å². The Morgan fingerprint density at radius 2 is 1.81 bits per heavy atom. The Hall–Kier alpha value is -0.290. The standard InChI is InChI=1S/C11H22F3NO/c1-4-6-10(2,3)15-7-5-8-16-9-11(12,13)14/h15H,4-9H2,1-3H3. The van der Waals surface area contributed by atoms with E-state index in [0.717, 1.165) is 12.8 Å². The number of rotatable bonds is 8. The molecular weight excluding hydrogens is 219 g/mol. The molecule has 0 fully saturated rings. The predicted octanol–water partition coefficient (Wildman–Crippen LogP) is 3.12. The van der Waals surface area contributed by atoms with E-state index in [9.17, 15) is 13.2 Å². The average molecular weight is 241 g/mol. The molecule has 0 heterocycles. The van der Waals surface area contributed by atoms with Crippen LogP contribution in [0.4, 0.5) is 13.2 Å². The molecule has 0 bridgehead atoms. The maximum Gasteiger partial charge on any atom is 0.411 e. The third kappa shape index (κ3) is 10.2. The van der Waals surface area contributed by atoms with Crippen molar-refractivity contribution in [3.8, 4) is 0 Å². The summed E-state index contributed by atoms with van der Waals surface area (Å²) in [6.07, 6.45) is -1.47. The van der Waals surface area contributed by atoms with Gasteiger partial charge in [0.25, 0.3) is 0 Å². The minimum atomic E-state index is -4.21. The molecule has 0 unspecified atom stereocenters. The van der Waals surface area contributed by atoms with E-state index in [-0.39, 0.29) is 12.1 Å². The first-order chi connectivity index (χ1) is 7.27. The summed E-state index contributed by atoms with van der Waals surface area (Å²) in [5.74, 6) is 0. The summed E-state index contributed by atoms with van der Waals surface area (Å²) in [5.41, 5.74) is 0.0543. The van der Waals surface area contributed by atoms with Crippen molar-refractivity contribution in [1.82, 2.24) is 5.32 Å².